The van der Waals surface area contributed by atoms with E-state index in [-0.39, 0.29) is 6.01 Å². The maximum absolute atomic E-state index is 5.68. The number of nitrogens with zero attached hydrogens (tertiary/aromatic N) is 3. The molecule has 1 heterocycles. The van der Waals surface area contributed by atoms with Crippen molar-refractivity contribution in [3.63, 3.8) is 0 Å². The minimum Gasteiger partial charge on any atom is -0.494 e. The van der Waals surface area contributed by atoms with E-state index in [4.69, 9.17) is 14.2 Å². The van der Waals surface area contributed by atoms with E-state index in [0.717, 1.165) is 35.5 Å². The Hall–Kier alpha value is -3.15. The fourth-order valence-electron chi connectivity index (χ4n) is 2.75. The van der Waals surface area contributed by atoms with Crippen molar-refractivity contribution in [2.24, 2.45) is 0 Å². The molecule has 0 amide bonds. The third kappa shape index (κ3) is 5.44. The van der Waals surface area contributed by atoms with E-state index in [1.807, 2.05) is 55.5 Å². The van der Waals surface area contributed by atoms with Gasteiger partial charge in [-0.1, -0.05) is 18.9 Å². The van der Waals surface area contributed by atoms with Gasteiger partial charge in [0, 0.05) is 11.1 Å². The average Bonchev–Trinajstić information content (AvgIpc) is 2.77. The molecule has 1 aromatic heterocycles. The SMILES string of the molecule is CCCOc1ccc(-c2nnc(OCC)nc2-c2ccc(OCCC)cc2)cc1. The van der Waals surface area contributed by atoms with E-state index >= 15 is 0 Å². The molecular formula is C23H27N3O3. The number of benzene rings is 2. The van der Waals surface area contributed by atoms with Crippen molar-refractivity contribution in [3.05, 3.63) is 48.5 Å². The highest BCUT2D eigenvalue weighted by Gasteiger charge is 2.14. The molecule has 0 spiro atoms. The van der Waals surface area contributed by atoms with Crippen LogP contribution in [0.5, 0.6) is 17.5 Å². The van der Waals surface area contributed by atoms with E-state index in [9.17, 15) is 0 Å². The van der Waals surface area contributed by atoms with Crippen molar-refractivity contribution in [1.29, 1.82) is 0 Å². The molecule has 0 fully saturated rings. The minimum absolute atomic E-state index is 0.264. The van der Waals surface area contributed by atoms with Gasteiger partial charge in [-0.15, -0.1) is 5.10 Å². The summed E-state index contributed by atoms with van der Waals surface area (Å²) in [6.07, 6.45) is 1.94. The lowest BCUT2D eigenvalue weighted by Gasteiger charge is -2.11. The van der Waals surface area contributed by atoms with Crippen LogP contribution in [-0.2, 0) is 0 Å². The molecule has 2 aromatic carbocycles. The van der Waals surface area contributed by atoms with Crippen LogP contribution in [0.15, 0.2) is 48.5 Å². The van der Waals surface area contributed by atoms with Gasteiger partial charge in [-0.25, -0.2) is 0 Å². The zero-order chi connectivity index (χ0) is 20.5. The molecule has 0 atom stereocenters. The van der Waals surface area contributed by atoms with Gasteiger partial charge in [-0.3, -0.25) is 0 Å². The first-order chi connectivity index (χ1) is 14.2. The largest absolute Gasteiger partial charge is 0.494 e. The second-order valence-corrected chi connectivity index (χ2v) is 6.47. The summed E-state index contributed by atoms with van der Waals surface area (Å²) in [5.41, 5.74) is 3.25. The molecule has 152 valence electrons. The van der Waals surface area contributed by atoms with Crippen LogP contribution in [0.3, 0.4) is 0 Å². The topological polar surface area (TPSA) is 66.4 Å². The number of hydrogen-bond acceptors (Lipinski definition) is 6. The highest BCUT2D eigenvalue weighted by Crippen LogP contribution is 2.31. The monoisotopic (exact) mass is 393 g/mol. The Morgan fingerprint density at radius 2 is 1.14 bits per heavy atom. The fraction of sp³-hybridized carbons (Fsp3) is 0.348. The van der Waals surface area contributed by atoms with Crippen LogP contribution in [0.2, 0.25) is 0 Å². The normalized spacial score (nSPS) is 10.6. The maximum Gasteiger partial charge on any atom is 0.336 e. The average molecular weight is 393 g/mol. The smallest absolute Gasteiger partial charge is 0.336 e. The van der Waals surface area contributed by atoms with Crippen LogP contribution in [0.1, 0.15) is 33.6 Å². The van der Waals surface area contributed by atoms with Crippen molar-refractivity contribution < 1.29 is 14.2 Å². The molecule has 3 rings (SSSR count). The standard InChI is InChI=1S/C23H27N3O3/c1-4-15-28-19-11-7-17(8-12-19)21-22(25-26-23(24-21)27-6-3)18-9-13-20(14-10-18)29-16-5-2/h7-14H,4-6,15-16H2,1-3H3. The van der Waals surface area contributed by atoms with Gasteiger partial charge in [0.2, 0.25) is 0 Å². The van der Waals surface area contributed by atoms with Crippen molar-refractivity contribution in [3.8, 4) is 40.0 Å². The van der Waals surface area contributed by atoms with Gasteiger partial charge in [0.05, 0.1) is 19.8 Å². The summed E-state index contributed by atoms with van der Waals surface area (Å²) in [5.74, 6) is 1.67. The molecule has 0 aliphatic heterocycles. The molecule has 0 aliphatic carbocycles. The zero-order valence-electron chi connectivity index (χ0n) is 17.2. The third-order valence-corrected chi connectivity index (χ3v) is 4.14. The third-order valence-electron chi connectivity index (χ3n) is 4.14. The number of ether oxygens (including phenoxy) is 3. The summed E-state index contributed by atoms with van der Waals surface area (Å²) >= 11 is 0. The first-order valence-electron chi connectivity index (χ1n) is 10.1. The van der Waals surface area contributed by atoms with E-state index in [1.54, 1.807) is 0 Å². The molecule has 3 aromatic rings. The minimum atomic E-state index is 0.264. The van der Waals surface area contributed by atoms with Gasteiger partial charge in [0.25, 0.3) is 0 Å². The molecule has 6 heteroatoms. The van der Waals surface area contributed by atoms with Crippen molar-refractivity contribution in [1.82, 2.24) is 15.2 Å². The summed E-state index contributed by atoms with van der Waals surface area (Å²) in [6, 6.07) is 15.9. The first kappa shape index (κ1) is 20.6. The molecule has 0 saturated carbocycles. The van der Waals surface area contributed by atoms with Gasteiger partial charge in [-0.2, -0.15) is 4.98 Å². The van der Waals surface area contributed by atoms with Crippen LogP contribution in [0.4, 0.5) is 0 Å². The lowest BCUT2D eigenvalue weighted by Crippen LogP contribution is -2.03. The van der Waals surface area contributed by atoms with Gasteiger partial charge in [0.1, 0.15) is 22.9 Å². The zero-order valence-corrected chi connectivity index (χ0v) is 17.2. The lowest BCUT2D eigenvalue weighted by molar-refractivity contribution is 0.308. The highest BCUT2D eigenvalue weighted by molar-refractivity contribution is 5.78. The van der Waals surface area contributed by atoms with Crippen LogP contribution in [0.25, 0.3) is 22.5 Å². The molecule has 29 heavy (non-hydrogen) atoms. The second kappa shape index (κ2) is 10.4. The Labute approximate surface area is 171 Å². The highest BCUT2D eigenvalue weighted by atomic mass is 16.5. The summed E-state index contributed by atoms with van der Waals surface area (Å²) in [7, 11) is 0. The molecule has 0 unspecified atom stereocenters. The van der Waals surface area contributed by atoms with Gasteiger partial charge < -0.3 is 14.2 Å². The van der Waals surface area contributed by atoms with Crippen LogP contribution >= 0.6 is 0 Å². The van der Waals surface area contributed by atoms with Crippen LogP contribution in [-0.4, -0.2) is 35.0 Å². The quantitative estimate of drug-likeness (QED) is 0.473. The fourth-order valence-corrected chi connectivity index (χ4v) is 2.75. The summed E-state index contributed by atoms with van der Waals surface area (Å²) in [6.45, 7) is 7.93. The lowest BCUT2D eigenvalue weighted by atomic mass is 10.0. The Morgan fingerprint density at radius 1 is 0.621 bits per heavy atom. The van der Waals surface area contributed by atoms with Crippen molar-refractivity contribution >= 4 is 0 Å². The summed E-state index contributed by atoms with van der Waals surface area (Å²) < 4.78 is 16.8. The molecular weight excluding hydrogens is 366 g/mol. The second-order valence-electron chi connectivity index (χ2n) is 6.47. The van der Waals surface area contributed by atoms with Gasteiger partial charge in [0.15, 0.2) is 0 Å². The van der Waals surface area contributed by atoms with E-state index in [2.05, 4.69) is 29.0 Å². The van der Waals surface area contributed by atoms with Gasteiger partial charge >= 0.3 is 6.01 Å². The summed E-state index contributed by atoms with van der Waals surface area (Å²) in [4.78, 5) is 4.61. The van der Waals surface area contributed by atoms with Gasteiger partial charge in [-0.05, 0) is 68.3 Å². The van der Waals surface area contributed by atoms with Crippen LogP contribution < -0.4 is 14.2 Å². The Kier molecular flexibility index (Phi) is 7.39. The number of hydrogen-bond donors (Lipinski definition) is 0. The first-order valence-corrected chi connectivity index (χ1v) is 10.1. The van der Waals surface area contributed by atoms with Crippen LogP contribution in [0, 0.1) is 0 Å². The molecule has 6 nitrogen and oxygen atoms in total. The predicted octanol–water partition coefficient (Wildman–Crippen LogP) is 5.18. The molecule has 0 bridgehead atoms. The predicted molar refractivity (Wildman–Crippen MR) is 113 cm³/mol. The molecule has 0 radical (unpaired) electrons. The molecule has 0 saturated heterocycles. The Balaban J connectivity index is 1.95. The number of rotatable bonds is 10. The molecule has 0 aliphatic rings. The van der Waals surface area contributed by atoms with E-state index in [0.29, 0.717) is 31.2 Å². The van der Waals surface area contributed by atoms with Crippen molar-refractivity contribution in [2.75, 3.05) is 19.8 Å². The Bertz CT molecular complexity index is 896. The molecule has 0 N–H and O–H groups in total. The number of aromatic nitrogens is 3. The summed E-state index contributed by atoms with van der Waals surface area (Å²) in [5, 5.41) is 8.52. The van der Waals surface area contributed by atoms with E-state index < -0.39 is 0 Å². The Morgan fingerprint density at radius 3 is 1.62 bits per heavy atom. The van der Waals surface area contributed by atoms with E-state index in [1.165, 1.54) is 0 Å². The maximum atomic E-state index is 5.68. The van der Waals surface area contributed by atoms with Crippen molar-refractivity contribution in [2.45, 2.75) is 33.6 Å².